The average Bonchev–Trinajstić information content (AvgIpc) is 3.10. The molecule has 0 bridgehead atoms. The maximum Gasteiger partial charge on any atom is 0.231 e. The molecular formula is C16H21NO4. The molecule has 1 amide bonds. The van der Waals surface area contributed by atoms with Crippen LogP contribution in [0.3, 0.4) is 0 Å². The Morgan fingerprint density at radius 1 is 1.38 bits per heavy atom. The zero-order valence-electron chi connectivity index (χ0n) is 12.2. The van der Waals surface area contributed by atoms with E-state index in [1.807, 2.05) is 23.1 Å². The number of aliphatic hydroxyl groups excluding tert-OH is 1. The van der Waals surface area contributed by atoms with Crippen molar-refractivity contribution in [2.75, 3.05) is 19.9 Å². The lowest BCUT2D eigenvalue weighted by Crippen LogP contribution is -2.39. The van der Waals surface area contributed by atoms with Crippen LogP contribution in [0, 0.1) is 5.92 Å². The minimum Gasteiger partial charge on any atom is -0.454 e. The van der Waals surface area contributed by atoms with E-state index in [1.165, 1.54) is 0 Å². The number of aliphatic hydroxyl groups is 1. The summed E-state index contributed by atoms with van der Waals surface area (Å²) in [7, 11) is 0. The van der Waals surface area contributed by atoms with Gasteiger partial charge >= 0.3 is 0 Å². The Labute approximate surface area is 124 Å². The fourth-order valence-corrected chi connectivity index (χ4v) is 3.09. The van der Waals surface area contributed by atoms with Crippen molar-refractivity contribution in [1.29, 1.82) is 0 Å². The van der Waals surface area contributed by atoms with Crippen molar-refractivity contribution in [3.05, 3.63) is 23.8 Å². The van der Waals surface area contributed by atoms with E-state index < -0.39 is 0 Å². The van der Waals surface area contributed by atoms with Crippen LogP contribution in [0.2, 0.25) is 0 Å². The fourth-order valence-electron chi connectivity index (χ4n) is 3.09. The number of carbonyl (C=O) groups is 1. The van der Waals surface area contributed by atoms with Gasteiger partial charge in [-0.2, -0.15) is 0 Å². The molecule has 1 saturated heterocycles. The molecule has 1 N–H and O–H groups in total. The summed E-state index contributed by atoms with van der Waals surface area (Å²) in [5.74, 6) is 2.02. The van der Waals surface area contributed by atoms with Gasteiger partial charge in [-0.15, -0.1) is 0 Å². The van der Waals surface area contributed by atoms with E-state index in [2.05, 4.69) is 6.92 Å². The molecule has 0 spiro atoms. The van der Waals surface area contributed by atoms with Crippen LogP contribution in [-0.4, -0.2) is 41.9 Å². The molecule has 2 heterocycles. The molecule has 3 rings (SSSR count). The Morgan fingerprint density at radius 2 is 2.19 bits per heavy atom. The van der Waals surface area contributed by atoms with Crippen LogP contribution in [0.1, 0.15) is 25.3 Å². The van der Waals surface area contributed by atoms with E-state index in [-0.39, 0.29) is 25.3 Å². The maximum atomic E-state index is 12.3. The number of likely N-dealkylation sites (tertiary alicyclic amines) is 1. The zero-order chi connectivity index (χ0) is 14.8. The van der Waals surface area contributed by atoms with Gasteiger partial charge in [0.15, 0.2) is 11.5 Å². The Hall–Kier alpha value is -1.75. The normalized spacial score (nSPS) is 23.6. The number of benzene rings is 1. The predicted octanol–water partition coefficient (Wildman–Crippen LogP) is 1.58. The molecule has 1 aromatic carbocycles. The van der Waals surface area contributed by atoms with Crippen LogP contribution >= 0.6 is 0 Å². The highest BCUT2D eigenvalue weighted by atomic mass is 16.7. The quantitative estimate of drug-likeness (QED) is 0.915. The molecule has 114 valence electrons. The first kappa shape index (κ1) is 14.2. The number of hydrogen-bond acceptors (Lipinski definition) is 4. The number of fused-ring (bicyclic) bond motifs is 1. The highest BCUT2D eigenvalue weighted by Gasteiger charge is 2.33. The van der Waals surface area contributed by atoms with Crippen LogP contribution in [0.25, 0.3) is 0 Å². The number of ether oxygens (including phenoxy) is 2. The van der Waals surface area contributed by atoms with Crippen molar-refractivity contribution in [3.63, 3.8) is 0 Å². The number of nitrogens with zero attached hydrogens (tertiary/aromatic N) is 1. The molecule has 0 saturated carbocycles. The molecule has 2 aliphatic rings. The Morgan fingerprint density at radius 3 is 3.00 bits per heavy atom. The average molecular weight is 291 g/mol. The number of amides is 1. The minimum absolute atomic E-state index is 0.0192. The van der Waals surface area contributed by atoms with Crippen LogP contribution in [0.5, 0.6) is 11.5 Å². The van der Waals surface area contributed by atoms with Gasteiger partial charge in [0.2, 0.25) is 12.7 Å². The molecule has 0 aromatic heterocycles. The summed E-state index contributed by atoms with van der Waals surface area (Å²) in [5, 5.41) is 9.42. The third-order valence-electron chi connectivity index (χ3n) is 4.45. The summed E-state index contributed by atoms with van der Waals surface area (Å²) in [5.41, 5.74) is 1.07. The first-order valence-corrected chi connectivity index (χ1v) is 7.48. The molecule has 2 atom stereocenters. The molecule has 21 heavy (non-hydrogen) atoms. The van der Waals surface area contributed by atoms with Crippen molar-refractivity contribution < 1.29 is 19.4 Å². The molecule has 5 heteroatoms. The van der Waals surface area contributed by atoms with E-state index in [1.54, 1.807) is 0 Å². The monoisotopic (exact) mass is 291 g/mol. The molecule has 1 fully saturated rings. The van der Waals surface area contributed by atoms with Gasteiger partial charge in [0.25, 0.3) is 0 Å². The fraction of sp³-hybridized carbons (Fsp3) is 0.562. The van der Waals surface area contributed by atoms with Crippen LogP contribution < -0.4 is 9.47 Å². The van der Waals surface area contributed by atoms with E-state index in [4.69, 9.17) is 9.47 Å². The van der Waals surface area contributed by atoms with E-state index in [0.717, 1.165) is 30.0 Å². The molecule has 0 aliphatic carbocycles. The predicted molar refractivity (Wildman–Crippen MR) is 77.3 cm³/mol. The lowest BCUT2D eigenvalue weighted by Gasteiger charge is -2.25. The number of hydrogen-bond donors (Lipinski definition) is 1. The lowest BCUT2D eigenvalue weighted by molar-refractivity contribution is -0.133. The van der Waals surface area contributed by atoms with Gasteiger partial charge < -0.3 is 19.5 Å². The van der Waals surface area contributed by atoms with Gasteiger partial charge in [0, 0.05) is 13.0 Å². The minimum atomic E-state index is -0.0192. The van der Waals surface area contributed by atoms with E-state index in [0.29, 0.717) is 18.8 Å². The Bertz CT molecular complexity index is 531. The Balaban J connectivity index is 1.58. The second-order valence-electron chi connectivity index (χ2n) is 5.79. The number of rotatable bonds is 4. The van der Waals surface area contributed by atoms with Crippen molar-refractivity contribution in [3.8, 4) is 11.5 Å². The molecule has 1 aromatic rings. The largest absolute Gasteiger partial charge is 0.454 e. The number of aryl methyl sites for hydroxylation is 1. The summed E-state index contributed by atoms with van der Waals surface area (Å²) < 4.78 is 10.6. The van der Waals surface area contributed by atoms with E-state index in [9.17, 15) is 9.90 Å². The topological polar surface area (TPSA) is 59.0 Å². The van der Waals surface area contributed by atoms with Gasteiger partial charge in [-0.3, -0.25) is 4.79 Å². The smallest absolute Gasteiger partial charge is 0.231 e. The Kier molecular flexibility index (Phi) is 4.01. The summed E-state index contributed by atoms with van der Waals surface area (Å²) in [6, 6.07) is 5.77. The molecule has 0 radical (unpaired) electrons. The summed E-state index contributed by atoms with van der Waals surface area (Å²) in [6.45, 7) is 3.16. The highest BCUT2D eigenvalue weighted by molar-refractivity contribution is 5.77. The summed E-state index contributed by atoms with van der Waals surface area (Å²) >= 11 is 0. The van der Waals surface area contributed by atoms with Crippen LogP contribution in [-0.2, 0) is 11.2 Å². The van der Waals surface area contributed by atoms with Crippen molar-refractivity contribution in [2.45, 2.75) is 32.2 Å². The first-order chi connectivity index (χ1) is 10.2. The zero-order valence-corrected chi connectivity index (χ0v) is 12.2. The molecule has 2 aliphatic heterocycles. The standard InChI is InChI=1S/C16H21NO4/c1-11-6-7-17(13(11)9-18)16(19)5-3-12-2-4-14-15(8-12)21-10-20-14/h2,4,8,11,13,18H,3,5-7,9-10H2,1H3. The number of carbonyl (C=O) groups excluding carboxylic acids is 1. The first-order valence-electron chi connectivity index (χ1n) is 7.48. The maximum absolute atomic E-state index is 12.3. The van der Waals surface area contributed by atoms with Gasteiger partial charge in [0.1, 0.15) is 0 Å². The molecule has 2 unspecified atom stereocenters. The van der Waals surface area contributed by atoms with Gasteiger partial charge in [-0.25, -0.2) is 0 Å². The molecular weight excluding hydrogens is 270 g/mol. The van der Waals surface area contributed by atoms with Crippen LogP contribution in [0.15, 0.2) is 18.2 Å². The van der Waals surface area contributed by atoms with E-state index >= 15 is 0 Å². The van der Waals surface area contributed by atoms with Crippen molar-refractivity contribution in [2.24, 2.45) is 5.92 Å². The van der Waals surface area contributed by atoms with Gasteiger partial charge in [0.05, 0.1) is 12.6 Å². The summed E-state index contributed by atoms with van der Waals surface area (Å²) in [6.07, 6.45) is 2.11. The third kappa shape index (κ3) is 2.83. The highest BCUT2D eigenvalue weighted by Crippen LogP contribution is 2.33. The van der Waals surface area contributed by atoms with Gasteiger partial charge in [-0.1, -0.05) is 13.0 Å². The SMILES string of the molecule is CC1CCN(C(=O)CCc2ccc3c(c2)OCO3)C1CO. The third-order valence-corrected chi connectivity index (χ3v) is 4.45. The molecule has 5 nitrogen and oxygen atoms in total. The van der Waals surface area contributed by atoms with Crippen LogP contribution in [0.4, 0.5) is 0 Å². The van der Waals surface area contributed by atoms with Crippen molar-refractivity contribution in [1.82, 2.24) is 4.90 Å². The van der Waals surface area contributed by atoms with Crippen molar-refractivity contribution >= 4 is 5.91 Å². The lowest BCUT2D eigenvalue weighted by atomic mass is 10.0. The second kappa shape index (κ2) is 5.93. The van der Waals surface area contributed by atoms with Gasteiger partial charge in [-0.05, 0) is 36.5 Å². The second-order valence-corrected chi connectivity index (χ2v) is 5.79. The summed E-state index contributed by atoms with van der Waals surface area (Å²) in [4.78, 5) is 14.2.